The van der Waals surface area contributed by atoms with Gasteiger partial charge in [-0.3, -0.25) is 4.79 Å². The summed E-state index contributed by atoms with van der Waals surface area (Å²) in [5, 5.41) is 14.0. The van der Waals surface area contributed by atoms with E-state index < -0.39 is 11.7 Å². The zero-order chi connectivity index (χ0) is 15.5. The fourth-order valence-electron chi connectivity index (χ4n) is 2.97. The second-order valence-corrected chi connectivity index (χ2v) is 5.79. The van der Waals surface area contributed by atoms with Crippen molar-refractivity contribution in [2.45, 2.75) is 44.2 Å². The van der Waals surface area contributed by atoms with Crippen LogP contribution in [0.1, 0.15) is 31.4 Å². The van der Waals surface area contributed by atoms with Crippen molar-refractivity contribution >= 4 is 16.7 Å². The monoisotopic (exact) mass is 301 g/mol. The molecule has 0 bridgehead atoms. The second kappa shape index (κ2) is 6.32. The highest BCUT2D eigenvalue weighted by Crippen LogP contribution is 2.18. The van der Waals surface area contributed by atoms with Crippen molar-refractivity contribution in [3.8, 4) is 0 Å². The van der Waals surface area contributed by atoms with Crippen LogP contribution in [0, 0.1) is 0 Å². The van der Waals surface area contributed by atoms with E-state index in [9.17, 15) is 14.7 Å². The van der Waals surface area contributed by atoms with Crippen LogP contribution in [0.25, 0.3) is 10.8 Å². The highest BCUT2D eigenvalue weighted by molar-refractivity contribution is 5.83. The lowest BCUT2D eigenvalue weighted by molar-refractivity contribution is -0.122. The SMILES string of the molecule is O=C(Cc1cc2ccccc2c(=O)o1)N[C@@H]1CCCC[C@H]1O. The first-order valence-electron chi connectivity index (χ1n) is 7.63. The summed E-state index contributed by atoms with van der Waals surface area (Å²) in [7, 11) is 0. The molecule has 22 heavy (non-hydrogen) atoms. The molecule has 5 heteroatoms. The second-order valence-electron chi connectivity index (χ2n) is 5.79. The quantitative estimate of drug-likeness (QED) is 0.905. The number of benzene rings is 1. The molecule has 5 nitrogen and oxygen atoms in total. The van der Waals surface area contributed by atoms with Crippen LogP contribution in [-0.4, -0.2) is 23.2 Å². The molecule has 2 aromatic rings. The van der Waals surface area contributed by atoms with Gasteiger partial charge < -0.3 is 14.8 Å². The van der Waals surface area contributed by atoms with Crippen molar-refractivity contribution in [1.82, 2.24) is 5.32 Å². The third-order valence-electron chi connectivity index (χ3n) is 4.13. The summed E-state index contributed by atoms with van der Waals surface area (Å²) in [5.74, 6) is 0.107. The summed E-state index contributed by atoms with van der Waals surface area (Å²) in [4.78, 5) is 24.0. The summed E-state index contributed by atoms with van der Waals surface area (Å²) in [6.45, 7) is 0. The van der Waals surface area contributed by atoms with Gasteiger partial charge >= 0.3 is 5.63 Å². The van der Waals surface area contributed by atoms with Gasteiger partial charge in [0.25, 0.3) is 0 Å². The number of hydrogen-bond acceptors (Lipinski definition) is 4. The molecule has 0 saturated heterocycles. The maximum Gasteiger partial charge on any atom is 0.343 e. The lowest BCUT2D eigenvalue weighted by Gasteiger charge is -2.28. The lowest BCUT2D eigenvalue weighted by Crippen LogP contribution is -2.45. The smallest absolute Gasteiger partial charge is 0.343 e. The third-order valence-corrected chi connectivity index (χ3v) is 4.13. The zero-order valence-electron chi connectivity index (χ0n) is 12.2. The molecule has 2 atom stereocenters. The van der Waals surface area contributed by atoms with E-state index in [2.05, 4.69) is 5.32 Å². The standard InChI is InChI=1S/C17H19NO4/c19-15-8-4-3-7-14(15)18-16(20)10-12-9-11-5-1-2-6-13(11)17(21)22-12/h1-2,5-6,9,14-15,19H,3-4,7-8,10H2,(H,18,20)/t14-,15-/m1/s1. The Bertz CT molecular complexity index is 737. The Morgan fingerprint density at radius 3 is 2.86 bits per heavy atom. The number of aliphatic hydroxyl groups is 1. The molecule has 0 aliphatic heterocycles. The lowest BCUT2D eigenvalue weighted by atomic mass is 9.92. The van der Waals surface area contributed by atoms with Gasteiger partial charge in [0, 0.05) is 0 Å². The number of fused-ring (bicyclic) bond motifs is 1. The normalized spacial score (nSPS) is 21.7. The fourth-order valence-corrected chi connectivity index (χ4v) is 2.97. The third kappa shape index (κ3) is 3.20. The number of amides is 1. The highest BCUT2D eigenvalue weighted by atomic mass is 16.4. The van der Waals surface area contributed by atoms with E-state index in [1.54, 1.807) is 18.2 Å². The van der Waals surface area contributed by atoms with Crippen molar-refractivity contribution < 1.29 is 14.3 Å². The van der Waals surface area contributed by atoms with Crippen molar-refractivity contribution in [3.63, 3.8) is 0 Å². The zero-order valence-corrected chi connectivity index (χ0v) is 12.2. The maximum atomic E-state index is 12.1. The topological polar surface area (TPSA) is 79.5 Å². The molecular formula is C17H19NO4. The van der Waals surface area contributed by atoms with E-state index in [4.69, 9.17) is 4.42 Å². The predicted molar refractivity (Wildman–Crippen MR) is 82.6 cm³/mol. The first-order chi connectivity index (χ1) is 10.6. The fraction of sp³-hybridized carbons (Fsp3) is 0.412. The van der Waals surface area contributed by atoms with Gasteiger partial charge in [0.1, 0.15) is 5.76 Å². The maximum absolute atomic E-state index is 12.1. The van der Waals surface area contributed by atoms with Crippen molar-refractivity contribution in [1.29, 1.82) is 0 Å². The molecule has 0 unspecified atom stereocenters. The summed E-state index contributed by atoms with van der Waals surface area (Å²) >= 11 is 0. The van der Waals surface area contributed by atoms with Gasteiger partial charge in [-0.1, -0.05) is 31.0 Å². The summed E-state index contributed by atoms with van der Waals surface area (Å²) in [5.41, 5.74) is -0.432. The first-order valence-corrected chi connectivity index (χ1v) is 7.63. The average molecular weight is 301 g/mol. The molecule has 0 radical (unpaired) electrons. The minimum absolute atomic E-state index is 0.00327. The van der Waals surface area contributed by atoms with Crippen LogP contribution >= 0.6 is 0 Å². The van der Waals surface area contributed by atoms with Gasteiger partial charge in [0.05, 0.1) is 24.0 Å². The van der Waals surface area contributed by atoms with E-state index in [1.165, 1.54) is 0 Å². The number of rotatable bonds is 3. The van der Waals surface area contributed by atoms with Crippen molar-refractivity contribution in [3.05, 3.63) is 46.5 Å². The van der Waals surface area contributed by atoms with E-state index in [1.807, 2.05) is 12.1 Å². The Balaban J connectivity index is 1.72. The van der Waals surface area contributed by atoms with E-state index in [0.29, 0.717) is 11.1 Å². The molecular weight excluding hydrogens is 282 g/mol. The Morgan fingerprint density at radius 1 is 1.27 bits per heavy atom. The molecule has 1 aliphatic carbocycles. The average Bonchev–Trinajstić information content (AvgIpc) is 2.49. The Labute approximate surface area is 127 Å². The molecule has 0 spiro atoms. The van der Waals surface area contributed by atoms with Crippen LogP contribution in [0.15, 0.2) is 39.5 Å². The summed E-state index contributed by atoms with van der Waals surface area (Å²) < 4.78 is 5.20. The van der Waals surface area contributed by atoms with Gasteiger partial charge in [0.2, 0.25) is 5.91 Å². The molecule has 1 aromatic carbocycles. The molecule has 1 fully saturated rings. The molecule has 1 heterocycles. The minimum Gasteiger partial charge on any atom is -0.427 e. The molecule has 1 aliphatic rings. The van der Waals surface area contributed by atoms with Crippen LogP contribution in [0.3, 0.4) is 0 Å². The molecule has 2 N–H and O–H groups in total. The van der Waals surface area contributed by atoms with Crippen LogP contribution in [0.4, 0.5) is 0 Å². The Morgan fingerprint density at radius 2 is 2.05 bits per heavy atom. The Hall–Kier alpha value is -2.14. The van der Waals surface area contributed by atoms with Gasteiger partial charge in [0.15, 0.2) is 0 Å². The van der Waals surface area contributed by atoms with Gasteiger partial charge in [-0.15, -0.1) is 0 Å². The van der Waals surface area contributed by atoms with E-state index >= 15 is 0 Å². The van der Waals surface area contributed by atoms with Gasteiger partial charge in [-0.2, -0.15) is 0 Å². The number of carbonyl (C=O) groups is 1. The van der Waals surface area contributed by atoms with E-state index in [0.717, 1.165) is 31.1 Å². The van der Waals surface area contributed by atoms with Crippen LogP contribution in [0.2, 0.25) is 0 Å². The van der Waals surface area contributed by atoms with Crippen LogP contribution < -0.4 is 10.9 Å². The molecule has 1 saturated carbocycles. The van der Waals surface area contributed by atoms with Crippen molar-refractivity contribution in [2.24, 2.45) is 0 Å². The largest absolute Gasteiger partial charge is 0.427 e. The molecule has 3 rings (SSSR count). The number of hydrogen-bond donors (Lipinski definition) is 2. The van der Waals surface area contributed by atoms with E-state index in [-0.39, 0.29) is 18.4 Å². The molecule has 116 valence electrons. The Kier molecular flexibility index (Phi) is 4.24. The number of aliphatic hydroxyl groups excluding tert-OH is 1. The van der Waals surface area contributed by atoms with Gasteiger partial charge in [-0.05, 0) is 30.4 Å². The minimum atomic E-state index is -0.485. The summed E-state index contributed by atoms with van der Waals surface area (Å²) in [6.07, 6.45) is 3.02. The predicted octanol–water partition coefficient (Wildman–Crippen LogP) is 1.76. The van der Waals surface area contributed by atoms with Crippen molar-refractivity contribution in [2.75, 3.05) is 0 Å². The molecule has 1 aromatic heterocycles. The van der Waals surface area contributed by atoms with Crippen LogP contribution in [-0.2, 0) is 11.2 Å². The molecule has 1 amide bonds. The van der Waals surface area contributed by atoms with Gasteiger partial charge in [-0.25, -0.2) is 4.79 Å². The number of nitrogens with one attached hydrogen (secondary N) is 1. The van der Waals surface area contributed by atoms with Crippen LogP contribution in [0.5, 0.6) is 0 Å². The summed E-state index contributed by atoms with van der Waals surface area (Å²) in [6, 6.07) is 8.64. The first kappa shape index (κ1) is 14.8. The number of carbonyl (C=O) groups excluding carboxylic acids is 1. The highest BCUT2D eigenvalue weighted by Gasteiger charge is 2.24.